The third-order valence-electron chi connectivity index (χ3n) is 6.55. The Hall–Kier alpha value is -3.64. The van der Waals surface area contributed by atoms with Gasteiger partial charge in [0.25, 0.3) is 0 Å². The molecule has 34 heavy (non-hydrogen) atoms. The van der Waals surface area contributed by atoms with Crippen molar-refractivity contribution < 1.29 is 14.3 Å². The van der Waals surface area contributed by atoms with E-state index in [0.717, 1.165) is 28.2 Å². The third-order valence-corrected chi connectivity index (χ3v) is 7.68. The van der Waals surface area contributed by atoms with Gasteiger partial charge in [-0.25, -0.2) is 4.98 Å². The van der Waals surface area contributed by atoms with Crippen molar-refractivity contribution in [1.82, 2.24) is 14.5 Å². The van der Waals surface area contributed by atoms with Crippen molar-refractivity contribution in [2.75, 3.05) is 19.0 Å². The first-order valence-electron chi connectivity index (χ1n) is 11.3. The van der Waals surface area contributed by atoms with Crippen LogP contribution in [0.4, 0.5) is 5.00 Å². The molecule has 0 bridgehead atoms. The van der Waals surface area contributed by atoms with Gasteiger partial charge in [-0.3, -0.25) is 9.59 Å². The lowest BCUT2D eigenvalue weighted by molar-refractivity contribution is -0.132. The smallest absolute Gasteiger partial charge is 0.228 e. The number of nitriles is 1. The summed E-state index contributed by atoms with van der Waals surface area (Å²) in [5, 5.41) is 13.4. The van der Waals surface area contributed by atoms with Crippen molar-refractivity contribution in [2.24, 2.45) is 5.92 Å². The van der Waals surface area contributed by atoms with Crippen LogP contribution in [0.15, 0.2) is 43.0 Å². The lowest BCUT2D eigenvalue weighted by Gasteiger charge is -2.27. The second-order valence-electron chi connectivity index (χ2n) is 8.65. The molecule has 0 spiro atoms. The minimum absolute atomic E-state index is 0.0591. The zero-order valence-electron chi connectivity index (χ0n) is 18.9. The van der Waals surface area contributed by atoms with Crippen LogP contribution >= 0.6 is 11.3 Å². The maximum absolute atomic E-state index is 12.9. The van der Waals surface area contributed by atoms with E-state index < -0.39 is 0 Å². The number of hydrogen-bond acceptors (Lipinski definition) is 6. The topological polar surface area (TPSA) is 100 Å². The zero-order valence-corrected chi connectivity index (χ0v) is 19.7. The summed E-state index contributed by atoms with van der Waals surface area (Å²) >= 11 is 1.42. The fourth-order valence-electron chi connectivity index (χ4n) is 4.55. The fraction of sp³-hybridized carbons (Fsp3) is 0.360. The third kappa shape index (κ3) is 4.41. The second kappa shape index (κ2) is 9.31. The molecule has 1 aromatic carbocycles. The zero-order chi connectivity index (χ0) is 23.7. The van der Waals surface area contributed by atoms with Crippen molar-refractivity contribution in [2.45, 2.75) is 38.3 Å². The minimum atomic E-state index is -0.112. The van der Waals surface area contributed by atoms with Crippen molar-refractivity contribution in [3.05, 3.63) is 64.6 Å². The van der Waals surface area contributed by atoms with Crippen LogP contribution in [-0.2, 0) is 29.1 Å². The fourth-order valence-corrected chi connectivity index (χ4v) is 5.77. The molecule has 9 heteroatoms. The number of imidazole rings is 1. The Morgan fingerprint density at radius 3 is 3.03 bits per heavy atom. The van der Waals surface area contributed by atoms with Gasteiger partial charge in [-0.05, 0) is 42.0 Å². The summed E-state index contributed by atoms with van der Waals surface area (Å²) in [6.45, 7) is 1.64. The number of benzene rings is 1. The Kier molecular flexibility index (Phi) is 6.07. The largest absolute Gasteiger partial charge is 0.497 e. The highest BCUT2D eigenvalue weighted by Crippen LogP contribution is 2.49. The molecule has 0 saturated heterocycles. The van der Waals surface area contributed by atoms with Crippen LogP contribution in [0.25, 0.3) is 0 Å². The molecule has 174 valence electrons. The van der Waals surface area contributed by atoms with Crippen molar-refractivity contribution in [1.29, 1.82) is 5.26 Å². The first-order valence-corrected chi connectivity index (χ1v) is 12.1. The number of carbonyl (C=O) groups is 2. The number of nitrogens with zero attached hydrogens (tertiary/aromatic N) is 4. The Balaban J connectivity index is 1.23. The number of anilines is 1. The van der Waals surface area contributed by atoms with E-state index >= 15 is 0 Å². The number of rotatable bonds is 7. The summed E-state index contributed by atoms with van der Waals surface area (Å²) in [4.78, 5) is 32.5. The number of ether oxygens (including phenoxy) is 1. The van der Waals surface area contributed by atoms with Crippen molar-refractivity contribution in [3.63, 3.8) is 0 Å². The molecule has 8 nitrogen and oxygen atoms in total. The van der Waals surface area contributed by atoms with E-state index in [0.29, 0.717) is 43.0 Å². The molecule has 2 aromatic heterocycles. The van der Waals surface area contributed by atoms with Crippen LogP contribution in [-0.4, -0.2) is 39.9 Å². The summed E-state index contributed by atoms with van der Waals surface area (Å²) in [6, 6.07) is 10.1. The molecule has 3 heterocycles. The van der Waals surface area contributed by atoms with Gasteiger partial charge in [-0.15, -0.1) is 11.3 Å². The van der Waals surface area contributed by atoms with Gasteiger partial charge in [0.2, 0.25) is 11.8 Å². The van der Waals surface area contributed by atoms with Crippen molar-refractivity contribution in [3.8, 4) is 11.8 Å². The molecule has 1 fully saturated rings. The predicted octanol–water partition coefficient (Wildman–Crippen LogP) is 3.54. The number of hydrogen-bond donors (Lipinski definition) is 1. The van der Waals surface area contributed by atoms with E-state index in [9.17, 15) is 14.9 Å². The van der Waals surface area contributed by atoms with Gasteiger partial charge in [-0.1, -0.05) is 12.1 Å². The summed E-state index contributed by atoms with van der Waals surface area (Å²) in [7, 11) is 1.63. The molecule has 0 radical (unpaired) electrons. The lowest BCUT2D eigenvalue weighted by atomic mass is 10.0. The average Bonchev–Trinajstić information content (AvgIpc) is 3.35. The Morgan fingerprint density at radius 2 is 2.26 bits per heavy atom. The molecular formula is C25H25N5O3S. The molecule has 2 amide bonds. The highest BCUT2D eigenvalue weighted by molar-refractivity contribution is 7.16. The SMILES string of the molecule is COc1cccc(C2CC2C(=O)Nc2sc3c(c2C#N)CCN(C(=O)CCn2ccnc2)C3)c1. The Morgan fingerprint density at radius 1 is 1.38 bits per heavy atom. The van der Waals surface area contributed by atoms with Crippen molar-refractivity contribution >= 4 is 28.2 Å². The molecule has 1 N–H and O–H groups in total. The highest BCUT2D eigenvalue weighted by atomic mass is 32.1. The lowest BCUT2D eigenvalue weighted by Crippen LogP contribution is -2.35. The molecule has 2 unspecified atom stereocenters. The molecular weight excluding hydrogens is 450 g/mol. The van der Waals surface area contributed by atoms with Crippen LogP contribution in [0.1, 0.15) is 40.3 Å². The Labute approximate surface area is 201 Å². The number of carbonyl (C=O) groups excluding carboxylic acids is 2. The van der Waals surface area contributed by atoms with Crippen LogP contribution in [0.5, 0.6) is 5.75 Å². The standard InChI is InChI=1S/C25H25N5O3S/c1-33-17-4-2-3-16(11-17)19-12-20(19)24(32)28-25-21(13-26)18-5-9-30(14-22(18)34-25)23(31)6-8-29-10-7-27-15-29/h2-4,7,10-11,15,19-20H,5-6,8-9,12,14H2,1H3,(H,28,32). The monoisotopic (exact) mass is 475 g/mol. The van der Waals surface area contributed by atoms with E-state index in [1.807, 2.05) is 39.9 Å². The molecule has 2 aliphatic rings. The van der Waals surface area contributed by atoms with Crippen LogP contribution < -0.4 is 10.1 Å². The maximum Gasteiger partial charge on any atom is 0.228 e. The molecule has 1 aliphatic heterocycles. The number of thiophene rings is 1. The number of aryl methyl sites for hydroxylation is 1. The van der Waals surface area contributed by atoms with E-state index in [4.69, 9.17) is 4.74 Å². The summed E-state index contributed by atoms with van der Waals surface area (Å²) in [5.74, 6) is 0.857. The first kappa shape index (κ1) is 22.2. The quantitative estimate of drug-likeness (QED) is 0.563. The van der Waals surface area contributed by atoms with E-state index in [1.165, 1.54) is 11.3 Å². The van der Waals surface area contributed by atoms with Gasteiger partial charge in [0.15, 0.2) is 0 Å². The van der Waals surface area contributed by atoms with Crippen LogP contribution in [0.2, 0.25) is 0 Å². The van der Waals surface area contributed by atoms with Gasteiger partial charge in [0, 0.05) is 42.7 Å². The van der Waals surface area contributed by atoms with Gasteiger partial charge < -0.3 is 19.5 Å². The summed E-state index contributed by atoms with van der Waals surface area (Å²) in [5.41, 5.74) is 2.59. The number of amides is 2. The summed E-state index contributed by atoms with van der Waals surface area (Å²) < 4.78 is 7.18. The average molecular weight is 476 g/mol. The first-order chi connectivity index (χ1) is 16.6. The van der Waals surface area contributed by atoms with Gasteiger partial charge in [-0.2, -0.15) is 5.26 Å². The number of fused-ring (bicyclic) bond motifs is 1. The normalized spacial score (nSPS) is 18.6. The van der Waals surface area contributed by atoms with Gasteiger partial charge in [0.1, 0.15) is 16.8 Å². The minimum Gasteiger partial charge on any atom is -0.497 e. The second-order valence-corrected chi connectivity index (χ2v) is 9.76. The van der Waals surface area contributed by atoms with Gasteiger partial charge >= 0.3 is 0 Å². The Bertz CT molecular complexity index is 1260. The molecule has 1 aliphatic carbocycles. The van der Waals surface area contributed by atoms with E-state index in [-0.39, 0.29) is 23.7 Å². The van der Waals surface area contributed by atoms with E-state index in [1.54, 1.807) is 19.6 Å². The number of methoxy groups -OCH3 is 1. The number of nitrogens with one attached hydrogen (secondary N) is 1. The van der Waals surface area contributed by atoms with E-state index in [2.05, 4.69) is 16.4 Å². The predicted molar refractivity (Wildman–Crippen MR) is 127 cm³/mol. The molecule has 5 rings (SSSR count). The van der Waals surface area contributed by atoms with Crippen LogP contribution in [0.3, 0.4) is 0 Å². The highest BCUT2D eigenvalue weighted by Gasteiger charge is 2.44. The maximum atomic E-state index is 12.9. The number of aromatic nitrogens is 2. The molecule has 2 atom stereocenters. The van der Waals surface area contributed by atoms with Gasteiger partial charge in [0.05, 0.1) is 25.5 Å². The summed E-state index contributed by atoms with van der Waals surface area (Å²) in [6.07, 6.45) is 7.05. The van der Waals surface area contributed by atoms with Crippen LogP contribution in [0, 0.1) is 17.2 Å². The molecule has 1 saturated carbocycles. The molecule has 3 aromatic rings.